The number of carboxylic acid groups (broad SMARTS) is 1. The molecule has 1 N–H and O–H groups in total. The van der Waals surface area contributed by atoms with Crippen LogP contribution in [0, 0.1) is 35.3 Å². The molecule has 2 bridgehead atoms. The second-order valence-electron chi connectivity index (χ2n) is 7.26. The molecular formula is C22H18F2O4. The van der Waals surface area contributed by atoms with Crippen LogP contribution >= 0.6 is 0 Å². The van der Waals surface area contributed by atoms with E-state index in [9.17, 15) is 23.5 Å². The molecule has 0 heterocycles. The van der Waals surface area contributed by atoms with E-state index in [1.807, 2.05) is 12.2 Å². The van der Waals surface area contributed by atoms with Gasteiger partial charge in [0, 0.05) is 0 Å². The number of carbonyl (C=O) groups is 2. The standard InChI is InChI=1S/C22H18F2O4/c23-16-7-3-12(4-8-16)20(13-5-9-17(24)10-6-13)28-22(27)19-15-2-1-14(11-15)18(19)21(25)26/h1-10,14-15,18-20H,11H2,(H,25,26)/t14-,15-,18-,19+/m0/s1. The summed E-state index contributed by atoms with van der Waals surface area (Å²) < 4.78 is 32.4. The fourth-order valence-corrected chi connectivity index (χ4v) is 4.28. The van der Waals surface area contributed by atoms with Crippen LogP contribution in [-0.2, 0) is 14.3 Å². The van der Waals surface area contributed by atoms with Gasteiger partial charge in [-0.25, -0.2) is 8.78 Å². The van der Waals surface area contributed by atoms with E-state index in [1.54, 1.807) is 0 Å². The van der Waals surface area contributed by atoms with Gasteiger partial charge in [0.1, 0.15) is 11.6 Å². The maximum Gasteiger partial charge on any atom is 0.311 e. The van der Waals surface area contributed by atoms with E-state index in [0.29, 0.717) is 17.5 Å². The Morgan fingerprint density at radius 2 is 1.32 bits per heavy atom. The quantitative estimate of drug-likeness (QED) is 0.622. The van der Waals surface area contributed by atoms with Gasteiger partial charge < -0.3 is 9.84 Å². The Morgan fingerprint density at radius 1 is 0.857 bits per heavy atom. The molecule has 0 aliphatic heterocycles. The number of hydrogen-bond donors (Lipinski definition) is 1. The highest BCUT2D eigenvalue weighted by atomic mass is 19.1. The maximum atomic E-state index is 13.3. The second kappa shape index (κ2) is 7.19. The molecule has 2 aromatic carbocycles. The van der Waals surface area contributed by atoms with Crippen molar-refractivity contribution in [1.29, 1.82) is 0 Å². The summed E-state index contributed by atoms with van der Waals surface area (Å²) in [5.74, 6) is -4.41. The van der Waals surface area contributed by atoms with Crippen LogP contribution in [0.4, 0.5) is 8.78 Å². The number of ether oxygens (including phenoxy) is 1. The van der Waals surface area contributed by atoms with Crippen LogP contribution in [-0.4, -0.2) is 17.0 Å². The molecule has 2 aromatic rings. The fraction of sp³-hybridized carbons (Fsp3) is 0.273. The number of esters is 1. The van der Waals surface area contributed by atoms with Crippen LogP contribution in [0.5, 0.6) is 0 Å². The second-order valence-corrected chi connectivity index (χ2v) is 7.26. The SMILES string of the molecule is O=C(O)[C@@H]1[C@H](C(=O)OC(c2ccc(F)cc2)c2ccc(F)cc2)[C@H]2C=C[C@H]1C2. The average molecular weight is 384 g/mol. The number of halogens is 2. The average Bonchev–Trinajstić information content (AvgIpc) is 3.29. The van der Waals surface area contributed by atoms with Crippen molar-refractivity contribution in [2.75, 3.05) is 0 Å². The van der Waals surface area contributed by atoms with Gasteiger partial charge in [0.25, 0.3) is 0 Å². The molecule has 1 fully saturated rings. The third-order valence-electron chi connectivity index (χ3n) is 5.60. The summed E-state index contributed by atoms with van der Waals surface area (Å²) in [5, 5.41) is 9.56. The van der Waals surface area contributed by atoms with Gasteiger partial charge in [-0.05, 0) is 53.6 Å². The molecule has 1 saturated carbocycles. The summed E-state index contributed by atoms with van der Waals surface area (Å²) in [6, 6.07) is 11.0. The lowest BCUT2D eigenvalue weighted by atomic mass is 9.83. The van der Waals surface area contributed by atoms with Gasteiger partial charge in [0.05, 0.1) is 11.8 Å². The Morgan fingerprint density at radius 3 is 1.79 bits per heavy atom. The van der Waals surface area contributed by atoms with Crippen molar-refractivity contribution >= 4 is 11.9 Å². The number of fused-ring (bicyclic) bond motifs is 2. The monoisotopic (exact) mass is 384 g/mol. The molecule has 144 valence electrons. The summed E-state index contributed by atoms with van der Waals surface area (Å²) in [6.45, 7) is 0. The molecule has 28 heavy (non-hydrogen) atoms. The molecule has 2 aliphatic rings. The smallest absolute Gasteiger partial charge is 0.311 e. The van der Waals surface area contributed by atoms with E-state index in [0.717, 1.165) is 0 Å². The van der Waals surface area contributed by atoms with Crippen molar-refractivity contribution in [3.8, 4) is 0 Å². The predicted molar refractivity (Wildman–Crippen MR) is 96.1 cm³/mol. The Kier molecular flexibility index (Phi) is 4.71. The van der Waals surface area contributed by atoms with Crippen molar-refractivity contribution < 1.29 is 28.2 Å². The Labute approximate surface area is 160 Å². The van der Waals surface area contributed by atoms with Gasteiger partial charge in [-0.2, -0.15) is 0 Å². The summed E-state index contributed by atoms with van der Waals surface area (Å²) in [5.41, 5.74) is 1.04. The van der Waals surface area contributed by atoms with Gasteiger partial charge in [-0.1, -0.05) is 36.4 Å². The molecule has 4 nitrogen and oxygen atoms in total. The van der Waals surface area contributed by atoms with Crippen molar-refractivity contribution in [3.63, 3.8) is 0 Å². The van der Waals surface area contributed by atoms with Crippen LogP contribution < -0.4 is 0 Å². The minimum Gasteiger partial charge on any atom is -0.481 e. The van der Waals surface area contributed by atoms with Crippen LogP contribution in [0.1, 0.15) is 23.7 Å². The molecule has 0 amide bonds. The number of benzene rings is 2. The molecule has 2 aliphatic carbocycles. The number of allylic oxidation sites excluding steroid dienone is 2. The molecule has 0 spiro atoms. The third kappa shape index (κ3) is 3.30. The van der Waals surface area contributed by atoms with Crippen molar-refractivity contribution in [3.05, 3.63) is 83.4 Å². The van der Waals surface area contributed by atoms with Crippen LogP contribution in [0.3, 0.4) is 0 Å². The number of aliphatic carboxylic acids is 1. The van der Waals surface area contributed by atoms with Gasteiger partial charge in [0.15, 0.2) is 6.10 Å². The molecule has 0 aromatic heterocycles. The zero-order valence-corrected chi connectivity index (χ0v) is 14.8. The van der Waals surface area contributed by atoms with Crippen LogP contribution in [0.15, 0.2) is 60.7 Å². The van der Waals surface area contributed by atoms with Crippen molar-refractivity contribution in [2.24, 2.45) is 23.7 Å². The molecule has 0 radical (unpaired) electrons. The number of carbonyl (C=O) groups excluding carboxylic acids is 1. The normalized spacial score (nSPS) is 25.2. The van der Waals surface area contributed by atoms with E-state index < -0.39 is 41.5 Å². The van der Waals surface area contributed by atoms with Gasteiger partial charge >= 0.3 is 11.9 Å². The lowest BCUT2D eigenvalue weighted by molar-refractivity contribution is -0.161. The molecule has 4 rings (SSSR count). The summed E-state index contributed by atoms with van der Waals surface area (Å²) in [6.07, 6.45) is 3.46. The third-order valence-corrected chi connectivity index (χ3v) is 5.60. The highest BCUT2D eigenvalue weighted by Gasteiger charge is 2.52. The molecule has 0 saturated heterocycles. The Bertz CT molecular complexity index is 875. The molecule has 6 heteroatoms. The summed E-state index contributed by atoms with van der Waals surface area (Å²) in [7, 11) is 0. The first-order valence-electron chi connectivity index (χ1n) is 9.06. The van der Waals surface area contributed by atoms with E-state index in [4.69, 9.17) is 4.74 Å². The highest BCUT2D eigenvalue weighted by Crippen LogP contribution is 2.49. The van der Waals surface area contributed by atoms with Crippen molar-refractivity contribution in [2.45, 2.75) is 12.5 Å². The lowest BCUT2D eigenvalue weighted by Gasteiger charge is -2.26. The van der Waals surface area contributed by atoms with Crippen LogP contribution in [0.2, 0.25) is 0 Å². The largest absolute Gasteiger partial charge is 0.481 e. The molecule has 4 atom stereocenters. The number of hydrogen-bond acceptors (Lipinski definition) is 3. The first-order chi connectivity index (χ1) is 13.4. The molecular weight excluding hydrogens is 366 g/mol. The first kappa shape index (κ1) is 18.3. The van der Waals surface area contributed by atoms with E-state index in [-0.39, 0.29) is 11.8 Å². The highest BCUT2D eigenvalue weighted by molar-refractivity contribution is 5.83. The van der Waals surface area contributed by atoms with Gasteiger partial charge in [0.2, 0.25) is 0 Å². The number of carboxylic acids is 1. The zero-order chi connectivity index (χ0) is 19.8. The topological polar surface area (TPSA) is 63.6 Å². The zero-order valence-electron chi connectivity index (χ0n) is 14.8. The van der Waals surface area contributed by atoms with E-state index >= 15 is 0 Å². The maximum absolute atomic E-state index is 13.3. The molecule has 0 unspecified atom stereocenters. The fourth-order valence-electron chi connectivity index (χ4n) is 4.28. The van der Waals surface area contributed by atoms with E-state index in [1.165, 1.54) is 48.5 Å². The minimum absolute atomic E-state index is 0.166. The van der Waals surface area contributed by atoms with Gasteiger partial charge in [-0.3, -0.25) is 9.59 Å². The van der Waals surface area contributed by atoms with Crippen molar-refractivity contribution in [1.82, 2.24) is 0 Å². The summed E-state index contributed by atoms with van der Waals surface area (Å²) >= 11 is 0. The Hall–Kier alpha value is -3.02. The summed E-state index contributed by atoms with van der Waals surface area (Å²) in [4.78, 5) is 24.7. The minimum atomic E-state index is -1.01. The van der Waals surface area contributed by atoms with E-state index in [2.05, 4.69) is 0 Å². The lowest BCUT2D eigenvalue weighted by Crippen LogP contribution is -2.35. The first-order valence-corrected chi connectivity index (χ1v) is 9.06. The predicted octanol–water partition coefficient (Wildman–Crippen LogP) is 4.12. The number of rotatable bonds is 5. The van der Waals surface area contributed by atoms with Gasteiger partial charge in [-0.15, -0.1) is 0 Å². The van der Waals surface area contributed by atoms with Crippen LogP contribution in [0.25, 0.3) is 0 Å². The Balaban J connectivity index is 1.64.